The quantitative estimate of drug-likeness (QED) is 0.591. The number of hydrogen-bond acceptors (Lipinski definition) is 3. The Balaban J connectivity index is 1.81. The topological polar surface area (TPSA) is 28.2 Å². The van der Waals surface area contributed by atoms with E-state index < -0.39 is 0 Å². The van der Waals surface area contributed by atoms with Crippen LogP contribution in [0, 0.1) is 0 Å². The Morgan fingerprint density at radius 2 is 1.81 bits per heavy atom. The third kappa shape index (κ3) is 4.67. The number of rotatable bonds is 6. The van der Waals surface area contributed by atoms with E-state index in [1.165, 1.54) is 5.69 Å². The number of halogens is 3. The van der Waals surface area contributed by atoms with Gasteiger partial charge in [-0.05, 0) is 24.6 Å². The first-order chi connectivity index (χ1) is 10.1. The van der Waals surface area contributed by atoms with Crippen molar-refractivity contribution in [2.24, 2.45) is 0 Å². The van der Waals surface area contributed by atoms with Gasteiger partial charge in [0.1, 0.15) is 11.0 Å². The van der Waals surface area contributed by atoms with Gasteiger partial charge in [0.2, 0.25) is 0 Å². The maximum Gasteiger partial charge on any atom is 0.150 e. The average Bonchev–Trinajstić information content (AvgIpc) is 2.49. The first kappa shape index (κ1) is 16.2. The summed E-state index contributed by atoms with van der Waals surface area (Å²) in [6, 6.07) is 11.8. The van der Waals surface area contributed by atoms with Crippen LogP contribution in [-0.2, 0) is 0 Å². The molecular weight excluding hydrogens is 329 g/mol. The monoisotopic (exact) mass is 343 g/mol. The molecule has 1 heterocycles. The number of nitrogens with zero attached hydrogens (tertiary/aromatic N) is 2. The summed E-state index contributed by atoms with van der Waals surface area (Å²) in [6.07, 6.45) is 0.948. The van der Waals surface area contributed by atoms with E-state index in [4.69, 9.17) is 34.8 Å². The molecule has 1 aromatic heterocycles. The molecule has 0 atom stereocenters. The molecule has 1 aromatic carbocycles. The Bertz CT molecular complexity index is 590. The minimum Gasteiger partial charge on any atom is -0.375 e. The average molecular weight is 345 g/mol. The van der Waals surface area contributed by atoms with Gasteiger partial charge in [-0.2, -0.15) is 0 Å². The largest absolute Gasteiger partial charge is 0.375 e. The number of aromatic nitrogens is 1. The lowest BCUT2D eigenvalue weighted by Crippen LogP contribution is -2.20. The predicted octanol–water partition coefficient (Wildman–Crippen LogP) is 4.98. The molecule has 0 saturated heterocycles. The van der Waals surface area contributed by atoms with Crippen LogP contribution < -0.4 is 10.2 Å². The van der Waals surface area contributed by atoms with Crippen LogP contribution in [0.3, 0.4) is 0 Å². The highest BCUT2D eigenvalue weighted by atomic mass is 35.5. The molecule has 0 radical (unpaired) electrons. The fraction of sp³-hybridized carbons (Fsp3) is 0.267. The maximum atomic E-state index is 6.06. The fourth-order valence-electron chi connectivity index (χ4n) is 1.90. The van der Waals surface area contributed by atoms with Gasteiger partial charge in [-0.15, -0.1) is 0 Å². The molecule has 6 heteroatoms. The smallest absolute Gasteiger partial charge is 0.150 e. The Morgan fingerprint density at radius 3 is 2.52 bits per heavy atom. The number of para-hydroxylation sites is 1. The van der Waals surface area contributed by atoms with Gasteiger partial charge in [0.05, 0.1) is 10.0 Å². The number of anilines is 2. The zero-order chi connectivity index (χ0) is 15.2. The van der Waals surface area contributed by atoms with Crippen molar-refractivity contribution in [2.75, 3.05) is 30.4 Å². The first-order valence-corrected chi connectivity index (χ1v) is 7.73. The van der Waals surface area contributed by atoms with E-state index in [2.05, 4.69) is 34.4 Å². The molecule has 1 N–H and O–H groups in total. The van der Waals surface area contributed by atoms with Crippen LogP contribution in [0.15, 0.2) is 36.4 Å². The molecule has 0 aliphatic carbocycles. The van der Waals surface area contributed by atoms with Crippen LogP contribution >= 0.6 is 34.8 Å². The van der Waals surface area contributed by atoms with E-state index in [0.29, 0.717) is 15.9 Å². The van der Waals surface area contributed by atoms with Crippen molar-refractivity contribution in [1.82, 2.24) is 4.98 Å². The summed E-state index contributed by atoms with van der Waals surface area (Å²) in [4.78, 5) is 6.32. The second-order valence-corrected chi connectivity index (χ2v) is 5.80. The molecule has 0 amide bonds. The van der Waals surface area contributed by atoms with Crippen molar-refractivity contribution in [1.29, 1.82) is 0 Å². The zero-order valence-electron chi connectivity index (χ0n) is 11.6. The third-order valence-electron chi connectivity index (χ3n) is 3.05. The molecule has 0 spiro atoms. The van der Waals surface area contributed by atoms with Crippen molar-refractivity contribution in [3.63, 3.8) is 0 Å². The molecule has 0 unspecified atom stereocenters. The van der Waals surface area contributed by atoms with Crippen LogP contribution in [0.25, 0.3) is 0 Å². The Labute approximate surface area is 139 Å². The summed E-state index contributed by atoms with van der Waals surface area (Å²) in [5, 5.41) is 4.26. The lowest BCUT2D eigenvalue weighted by Gasteiger charge is -2.19. The van der Waals surface area contributed by atoms with E-state index in [-0.39, 0.29) is 5.15 Å². The standard InChI is InChI=1S/C15H16Cl3N3/c1-21(11-6-3-2-4-7-11)9-5-8-19-15-13(17)10-12(16)14(18)20-15/h2-4,6-7,10H,5,8-9H2,1H3,(H,19,20). The molecule has 0 saturated carbocycles. The lowest BCUT2D eigenvalue weighted by atomic mass is 10.3. The number of nitrogens with one attached hydrogen (secondary N) is 1. The van der Waals surface area contributed by atoms with Gasteiger partial charge in [0.15, 0.2) is 0 Å². The van der Waals surface area contributed by atoms with Crippen molar-refractivity contribution in [3.05, 3.63) is 51.6 Å². The van der Waals surface area contributed by atoms with E-state index in [1.54, 1.807) is 6.07 Å². The molecule has 0 aliphatic rings. The van der Waals surface area contributed by atoms with Gasteiger partial charge in [0, 0.05) is 25.8 Å². The van der Waals surface area contributed by atoms with E-state index in [9.17, 15) is 0 Å². The minimum atomic E-state index is 0.255. The lowest BCUT2D eigenvalue weighted by molar-refractivity contribution is 0.814. The van der Waals surface area contributed by atoms with Gasteiger partial charge in [-0.25, -0.2) is 4.98 Å². The van der Waals surface area contributed by atoms with Gasteiger partial charge < -0.3 is 10.2 Å². The molecular formula is C15H16Cl3N3. The second kappa shape index (κ2) is 7.74. The molecule has 2 rings (SSSR count). The maximum absolute atomic E-state index is 6.06. The molecule has 21 heavy (non-hydrogen) atoms. The highest BCUT2D eigenvalue weighted by Gasteiger charge is 2.07. The summed E-state index contributed by atoms with van der Waals surface area (Å²) in [7, 11) is 2.07. The Kier molecular flexibility index (Phi) is 5.97. The second-order valence-electron chi connectivity index (χ2n) is 4.63. The third-order valence-corrected chi connectivity index (χ3v) is 4.01. The normalized spacial score (nSPS) is 10.5. The van der Waals surface area contributed by atoms with Crippen molar-refractivity contribution in [2.45, 2.75) is 6.42 Å². The highest BCUT2D eigenvalue weighted by molar-refractivity contribution is 6.42. The summed E-state index contributed by atoms with van der Waals surface area (Å²) in [5.41, 5.74) is 1.20. The summed E-state index contributed by atoms with van der Waals surface area (Å²) in [5.74, 6) is 0.563. The summed E-state index contributed by atoms with van der Waals surface area (Å²) < 4.78 is 0. The first-order valence-electron chi connectivity index (χ1n) is 6.59. The van der Waals surface area contributed by atoms with Crippen molar-refractivity contribution < 1.29 is 0 Å². The van der Waals surface area contributed by atoms with Crippen LogP contribution in [-0.4, -0.2) is 25.1 Å². The predicted molar refractivity (Wildman–Crippen MR) is 92.1 cm³/mol. The molecule has 112 valence electrons. The SMILES string of the molecule is CN(CCCNc1nc(Cl)c(Cl)cc1Cl)c1ccccc1. The van der Waals surface area contributed by atoms with E-state index in [1.807, 2.05) is 18.2 Å². The number of benzene rings is 1. The van der Waals surface area contributed by atoms with Gasteiger partial charge in [-0.3, -0.25) is 0 Å². The van der Waals surface area contributed by atoms with E-state index in [0.717, 1.165) is 19.5 Å². The highest BCUT2D eigenvalue weighted by Crippen LogP contribution is 2.28. The van der Waals surface area contributed by atoms with Gasteiger partial charge >= 0.3 is 0 Å². The van der Waals surface area contributed by atoms with Crippen LogP contribution in [0.2, 0.25) is 15.2 Å². The number of hydrogen-bond donors (Lipinski definition) is 1. The summed E-state index contributed by atoms with van der Waals surface area (Å²) >= 11 is 17.8. The molecule has 0 fully saturated rings. The fourth-order valence-corrected chi connectivity index (χ4v) is 2.47. The Morgan fingerprint density at radius 1 is 1.10 bits per heavy atom. The molecule has 2 aromatic rings. The van der Waals surface area contributed by atoms with Crippen LogP contribution in [0.1, 0.15) is 6.42 Å². The zero-order valence-corrected chi connectivity index (χ0v) is 13.9. The van der Waals surface area contributed by atoms with Crippen molar-refractivity contribution >= 4 is 46.3 Å². The van der Waals surface area contributed by atoms with Crippen molar-refractivity contribution in [3.8, 4) is 0 Å². The molecule has 0 bridgehead atoms. The molecule has 0 aliphatic heterocycles. The van der Waals surface area contributed by atoms with Gasteiger partial charge in [0.25, 0.3) is 0 Å². The number of pyridine rings is 1. The van der Waals surface area contributed by atoms with Crippen LogP contribution in [0.4, 0.5) is 11.5 Å². The van der Waals surface area contributed by atoms with Crippen LogP contribution in [0.5, 0.6) is 0 Å². The van der Waals surface area contributed by atoms with Gasteiger partial charge in [-0.1, -0.05) is 53.0 Å². The summed E-state index contributed by atoms with van der Waals surface area (Å²) in [6.45, 7) is 1.68. The molecule has 3 nitrogen and oxygen atoms in total. The minimum absolute atomic E-state index is 0.255. The Hall–Kier alpha value is -1.16. The van der Waals surface area contributed by atoms with E-state index >= 15 is 0 Å².